The summed E-state index contributed by atoms with van der Waals surface area (Å²) in [6.07, 6.45) is 2.46. The number of amides is 1. The molecule has 2 aliphatic rings. The molecular formula is C21H32N2O4S. The molecule has 2 aliphatic heterocycles. The summed E-state index contributed by atoms with van der Waals surface area (Å²) in [6.45, 7) is 5.66. The van der Waals surface area contributed by atoms with Crippen LogP contribution in [-0.4, -0.2) is 62.6 Å². The lowest BCUT2D eigenvalue weighted by atomic mass is 9.96. The Morgan fingerprint density at radius 3 is 2.57 bits per heavy atom. The Morgan fingerprint density at radius 2 is 2.00 bits per heavy atom. The Balaban J connectivity index is 1.67. The minimum atomic E-state index is -3.05. The summed E-state index contributed by atoms with van der Waals surface area (Å²) in [7, 11) is -3.05. The van der Waals surface area contributed by atoms with Crippen LogP contribution in [0.5, 0.6) is 0 Å². The second-order valence-corrected chi connectivity index (χ2v) is 10.5. The SMILES string of the molecule is CC(C)C(NCC(=O)N(CC1CCCO1)C1CCS(=O)(=O)C1)c1ccccc1. The van der Waals surface area contributed by atoms with E-state index in [2.05, 4.69) is 31.3 Å². The monoisotopic (exact) mass is 408 g/mol. The van der Waals surface area contributed by atoms with Gasteiger partial charge in [0.15, 0.2) is 9.84 Å². The van der Waals surface area contributed by atoms with E-state index in [9.17, 15) is 13.2 Å². The van der Waals surface area contributed by atoms with Crippen LogP contribution in [0.3, 0.4) is 0 Å². The number of hydrogen-bond acceptors (Lipinski definition) is 5. The first-order valence-corrected chi connectivity index (χ1v) is 12.1. The summed E-state index contributed by atoms with van der Waals surface area (Å²) in [5, 5.41) is 3.40. The molecule has 2 saturated heterocycles. The highest BCUT2D eigenvalue weighted by molar-refractivity contribution is 7.91. The van der Waals surface area contributed by atoms with E-state index in [1.807, 2.05) is 18.2 Å². The molecule has 6 nitrogen and oxygen atoms in total. The van der Waals surface area contributed by atoms with E-state index in [1.54, 1.807) is 4.90 Å². The van der Waals surface area contributed by atoms with Gasteiger partial charge in [-0.3, -0.25) is 4.79 Å². The minimum Gasteiger partial charge on any atom is -0.376 e. The molecule has 3 atom stereocenters. The van der Waals surface area contributed by atoms with Crippen LogP contribution >= 0.6 is 0 Å². The smallest absolute Gasteiger partial charge is 0.236 e. The van der Waals surface area contributed by atoms with Crippen molar-refractivity contribution in [3.05, 3.63) is 35.9 Å². The molecule has 2 fully saturated rings. The van der Waals surface area contributed by atoms with Gasteiger partial charge in [0.25, 0.3) is 0 Å². The third-order valence-electron chi connectivity index (χ3n) is 5.69. The van der Waals surface area contributed by atoms with Gasteiger partial charge in [-0.2, -0.15) is 0 Å². The van der Waals surface area contributed by atoms with E-state index < -0.39 is 9.84 Å². The molecule has 1 amide bonds. The molecule has 1 aromatic carbocycles. The Bertz CT molecular complexity index is 745. The molecule has 3 unspecified atom stereocenters. The summed E-state index contributed by atoms with van der Waals surface area (Å²) < 4.78 is 29.6. The zero-order valence-electron chi connectivity index (χ0n) is 16.8. The fraction of sp³-hybridized carbons (Fsp3) is 0.667. The number of ether oxygens (including phenoxy) is 1. The van der Waals surface area contributed by atoms with E-state index in [-0.39, 0.29) is 42.1 Å². The van der Waals surface area contributed by atoms with Gasteiger partial charge in [-0.15, -0.1) is 0 Å². The van der Waals surface area contributed by atoms with Gasteiger partial charge in [-0.1, -0.05) is 44.2 Å². The number of hydrogen-bond donors (Lipinski definition) is 1. The van der Waals surface area contributed by atoms with Crippen LogP contribution in [0.15, 0.2) is 30.3 Å². The quantitative estimate of drug-likeness (QED) is 0.713. The standard InChI is InChI=1S/C21H32N2O4S/c1-16(2)21(17-7-4-3-5-8-17)22-13-20(24)23(14-19-9-6-11-27-19)18-10-12-28(25,26)15-18/h3-5,7-8,16,18-19,21-22H,6,9-15H2,1-2H3. The number of sulfone groups is 1. The van der Waals surface area contributed by atoms with Gasteiger partial charge >= 0.3 is 0 Å². The summed E-state index contributed by atoms with van der Waals surface area (Å²) >= 11 is 0. The fourth-order valence-electron chi connectivity index (χ4n) is 4.18. The Labute approximate surface area is 168 Å². The zero-order chi connectivity index (χ0) is 20.1. The Hall–Kier alpha value is -1.44. The third-order valence-corrected chi connectivity index (χ3v) is 7.44. The van der Waals surface area contributed by atoms with Crippen molar-refractivity contribution in [1.29, 1.82) is 0 Å². The molecule has 0 aliphatic carbocycles. The summed E-state index contributed by atoms with van der Waals surface area (Å²) in [4.78, 5) is 14.9. The Morgan fingerprint density at radius 1 is 1.25 bits per heavy atom. The van der Waals surface area contributed by atoms with Crippen LogP contribution in [-0.2, 0) is 19.4 Å². The van der Waals surface area contributed by atoms with Crippen molar-refractivity contribution in [2.75, 3.05) is 31.2 Å². The molecule has 156 valence electrons. The van der Waals surface area contributed by atoms with Gasteiger partial charge in [-0.05, 0) is 30.7 Å². The van der Waals surface area contributed by atoms with Gasteiger partial charge in [0, 0.05) is 25.2 Å². The maximum Gasteiger partial charge on any atom is 0.236 e. The molecule has 1 N–H and O–H groups in total. The molecule has 0 aromatic heterocycles. The maximum absolute atomic E-state index is 13.1. The van der Waals surface area contributed by atoms with Crippen LogP contribution in [0.4, 0.5) is 0 Å². The highest BCUT2D eigenvalue weighted by Crippen LogP contribution is 2.23. The topological polar surface area (TPSA) is 75.7 Å². The second-order valence-electron chi connectivity index (χ2n) is 8.25. The lowest BCUT2D eigenvalue weighted by Crippen LogP contribution is -2.49. The fourth-order valence-corrected chi connectivity index (χ4v) is 5.91. The number of carbonyl (C=O) groups excluding carboxylic acids is 1. The molecule has 2 heterocycles. The van der Waals surface area contributed by atoms with Crippen molar-refractivity contribution < 1.29 is 17.9 Å². The van der Waals surface area contributed by atoms with Crippen molar-refractivity contribution in [3.63, 3.8) is 0 Å². The molecule has 0 radical (unpaired) electrons. The summed E-state index contributed by atoms with van der Waals surface area (Å²) in [5.41, 5.74) is 1.15. The number of nitrogens with zero attached hydrogens (tertiary/aromatic N) is 1. The van der Waals surface area contributed by atoms with Gasteiger partial charge < -0.3 is 15.0 Å². The van der Waals surface area contributed by atoms with Crippen LogP contribution in [0.2, 0.25) is 0 Å². The molecule has 28 heavy (non-hydrogen) atoms. The van der Waals surface area contributed by atoms with Crippen molar-refractivity contribution in [1.82, 2.24) is 10.2 Å². The number of rotatable bonds is 8. The van der Waals surface area contributed by atoms with E-state index in [4.69, 9.17) is 4.74 Å². The van der Waals surface area contributed by atoms with E-state index in [1.165, 1.54) is 0 Å². The first-order valence-electron chi connectivity index (χ1n) is 10.3. The zero-order valence-corrected chi connectivity index (χ0v) is 17.7. The predicted octanol–water partition coefficient (Wildman–Crippen LogP) is 2.17. The second kappa shape index (κ2) is 9.37. The molecule has 1 aromatic rings. The van der Waals surface area contributed by atoms with Gasteiger partial charge in [-0.25, -0.2) is 8.42 Å². The van der Waals surface area contributed by atoms with E-state index in [0.29, 0.717) is 18.9 Å². The normalized spacial score (nSPS) is 25.1. The molecule has 0 spiro atoms. The molecular weight excluding hydrogens is 376 g/mol. The minimum absolute atomic E-state index is 0.0160. The molecule has 7 heteroatoms. The highest BCUT2D eigenvalue weighted by Gasteiger charge is 2.36. The Kier molecular flexibility index (Phi) is 7.12. The number of carbonyl (C=O) groups is 1. The van der Waals surface area contributed by atoms with Crippen LogP contribution in [0, 0.1) is 5.92 Å². The maximum atomic E-state index is 13.1. The van der Waals surface area contributed by atoms with Crippen molar-refractivity contribution in [2.45, 2.75) is 51.3 Å². The highest BCUT2D eigenvalue weighted by atomic mass is 32.2. The first kappa shape index (κ1) is 21.3. The third kappa shape index (κ3) is 5.55. The van der Waals surface area contributed by atoms with E-state index >= 15 is 0 Å². The molecule has 0 saturated carbocycles. The van der Waals surface area contributed by atoms with Crippen molar-refractivity contribution in [3.8, 4) is 0 Å². The molecule has 3 rings (SSSR count). The average Bonchev–Trinajstić information content (AvgIpc) is 3.29. The molecule has 0 bridgehead atoms. The summed E-state index contributed by atoms with van der Waals surface area (Å²) in [5.74, 6) is 0.518. The summed E-state index contributed by atoms with van der Waals surface area (Å²) in [6, 6.07) is 9.95. The number of benzene rings is 1. The van der Waals surface area contributed by atoms with Gasteiger partial charge in [0.05, 0.1) is 24.2 Å². The van der Waals surface area contributed by atoms with Gasteiger partial charge in [0.2, 0.25) is 5.91 Å². The first-order chi connectivity index (χ1) is 13.4. The lowest BCUT2D eigenvalue weighted by Gasteiger charge is -2.32. The number of nitrogens with one attached hydrogen (secondary N) is 1. The van der Waals surface area contributed by atoms with E-state index in [0.717, 1.165) is 25.0 Å². The van der Waals surface area contributed by atoms with Crippen molar-refractivity contribution in [2.24, 2.45) is 5.92 Å². The average molecular weight is 409 g/mol. The lowest BCUT2D eigenvalue weighted by molar-refractivity contribution is -0.134. The van der Waals surface area contributed by atoms with Crippen molar-refractivity contribution >= 4 is 15.7 Å². The van der Waals surface area contributed by atoms with Crippen LogP contribution in [0.1, 0.15) is 44.7 Å². The van der Waals surface area contributed by atoms with Crippen LogP contribution in [0.25, 0.3) is 0 Å². The largest absolute Gasteiger partial charge is 0.376 e. The van der Waals surface area contributed by atoms with Gasteiger partial charge in [0.1, 0.15) is 0 Å². The predicted molar refractivity (Wildman–Crippen MR) is 110 cm³/mol. The van der Waals surface area contributed by atoms with Crippen LogP contribution < -0.4 is 5.32 Å².